The number of para-hydroxylation sites is 1. The molecule has 3 N–H and O–H groups in total. The van der Waals surface area contributed by atoms with Gasteiger partial charge >= 0.3 is 12.0 Å². The molecule has 1 fully saturated rings. The van der Waals surface area contributed by atoms with Gasteiger partial charge in [0.2, 0.25) is 0 Å². The molecular weight excluding hydrogens is 275 g/mol. The number of carboxylic acids is 1. The van der Waals surface area contributed by atoms with Crippen molar-refractivity contribution >= 4 is 17.7 Å². The number of hydrogen-bond acceptors (Lipinski definition) is 2. The lowest BCUT2D eigenvalue weighted by molar-refractivity contribution is 0.0697. The van der Waals surface area contributed by atoms with E-state index in [1.165, 1.54) is 12.1 Å². The Morgan fingerprint density at radius 1 is 1.38 bits per heavy atom. The standard InChI is InChI=1S/C15H19FN2O3/c1-2-6-15(7-8-15)9-17-14(21)18-12-10(13(19)20)4-3-5-11(12)16/h3-5H,2,6-9H2,1H3,(H,19,20)(H2,17,18,21). The highest BCUT2D eigenvalue weighted by Gasteiger charge is 2.41. The lowest BCUT2D eigenvalue weighted by Crippen LogP contribution is -2.34. The minimum atomic E-state index is -1.28. The average molecular weight is 294 g/mol. The van der Waals surface area contributed by atoms with Crippen LogP contribution in [0.2, 0.25) is 0 Å². The summed E-state index contributed by atoms with van der Waals surface area (Å²) in [6.45, 7) is 2.63. The molecule has 0 atom stereocenters. The van der Waals surface area contributed by atoms with Gasteiger partial charge in [-0.2, -0.15) is 0 Å². The Morgan fingerprint density at radius 3 is 2.67 bits per heavy atom. The van der Waals surface area contributed by atoms with E-state index in [1.54, 1.807) is 0 Å². The molecule has 5 nitrogen and oxygen atoms in total. The molecule has 0 saturated heterocycles. The number of carbonyl (C=O) groups excluding carboxylic acids is 1. The maximum Gasteiger partial charge on any atom is 0.337 e. The van der Waals surface area contributed by atoms with E-state index >= 15 is 0 Å². The summed E-state index contributed by atoms with van der Waals surface area (Å²) < 4.78 is 13.7. The van der Waals surface area contributed by atoms with Gasteiger partial charge in [0, 0.05) is 6.54 Å². The fourth-order valence-electron chi connectivity index (χ4n) is 2.48. The number of hydrogen-bond donors (Lipinski definition) is 3. The second-order valence-electron chi connectivity index (χ2n) is 5.53. The summed E-state index contributed by atoms with van der Waals surface area (Å²) in [4.78, 5) is 22.9. The van der Waals surface area contributed by atoms with E-state index in [-0.39, 0.29) is 16.7 Å². The first-order valence-corrected chi connectivity index (χ1v) is 7.04. The van der Waals surface area contributed by atoms with Gasteiger partial charge in [-0.25, -0.2) is 14.0 Å². The Bertz CT molecular complexity index is 556. The van der Waals surface area contributed by atoms with Crippen LogP contribution in [0.25, 0.3) is 0 Å². The van der Waals surface area contributed by atoms with Gasteiger partial charge in [0.15, 0.2) is 0 Å². The fourth-order valence-corrected chi connectivity index (χ4v) is 2.48. The van der Waals surface area contributed by atoms with E-state index in [0.717, 1.165) is 31.7 Å². The number of carbonyl (C=O) groups is 2. The van der Waals surface area contributed by atoms with Gasteiger partial charge in [-0.05, 0) is 36.8 Å². The fraction of sp³-hybridized carbons (Fsp3) is 0.467. The number of urea groups is 1. The van der Waals surface area contributed by atoms with Gasteiger partial charge in [0.05, 0.1) is 11.3 Å². The topological polar surface area (TPSA) is 78.4 Å². The first kappa shape index (κ1) is 15.3. The first-order chi connectivity index (χ1) is 9.97. The maximum atomic E-state index is 13.7. The van der Waals surface area contributed by atoms with E-state index in [9.17, 15) is 14.0 Å². The molecule has 0 aromatic heterocycles. The summed E-state index contributed by atoms with van der Waals surface area (Å²) in [7, 11) is 0. The number of anilines is 1. The highest BCUT2D eigenvalue weighted by molar-refractivity contribution is 6.00. The molecule has 0 spiro atoms. The molecule has 0 radical (unpaired) electrons. The highest BCUT2D eigenvalue weighted by Crippen LogP contribution is 2.48. The molecule has 0 unspecified atom stereocenters. The zero-order valence-corrected chi connectivity index (χ0v) is 11.9. The van der Waals surface area contributed by atoms with E-state index in [4.69, 9.17) is 5.11 Å². The number of aromatic carboxylic acids is 1. The molecule has 0 aliphatic heterocycles. The molecule has 1 aromatic rings. The number of nitrogens with one attached hydrogen (secondary N) is 2. The van der Waals surface area contributed by atoms with Crippen molar-refractivity contribution in [3.8, 4) is 0 Å². The highest BCUT2D eigenvalue weighted by atomic mass is 19.1. The van der Waals surface area contributed by atoms with E-state index in [2.05, 4.69) is 17.6 Å². The number of rotatable bonds is 6. The minimum absolute atomic E-state index is 0.178. The van der Waals surface area contributed by atoms with Crippen molar-refractivity contribution in [3.05, 3.63) is 29.6 Å². The van der Waals surface area contributed by atoms with Crippen LogP contribution < -0.4 is 10.6 Å². The summed E-state index contributed by atoms with van der Waals surface area (Å²) in [5, 5.41) is 14.0. The van der Waals surface area contributed by atoms with Crippen LogP contribution >= 0.6 is 0 Å². The second kappa shape index (κ2) is 6.11. The normalized spacial score (nSPS) is 15.3. The van der Waals surface area contributed by atoms with Gasteiger partial charge in [-0.1, -0.05) is 19.4 Å². The Hall–Kier alpha value is -2.11. The molecule has 0 bridgehead atoms. The van der Waals surface area contributed by atoms with Crippen molar-refractivity contribution < 1.29 is 19.1 Å². The van der Waals surface area contributed by atoms with Gasteiger partial charge < -0.3 is 15.7 Å². The monoisotopic (exact) mass is 294 g/mol. The van der Waals surface area contributed by atoms with Crippen LogP contribution in [0.1, 0.15) is 43.0 Å². The lowest BCUT2D eigenvalue weighted by atomic mass is 10.0. The smallest absolute Gasteiger partial charge is 0.337 e. The molecule has 21 heavy (non-hydrogen) atoms. The van der Waals surface area contributed by atoms with Crippen molar-refractivity contribution in [1.82, 2.24) is 5.32 Å². The van der Waals surface area contributed by atoms with Crippen LogP contribution in [0.3, 0.4) is 0 Å². The Balaban J connectivity index is 1.98. The molecule has 1 saturated carbocycles. The van der Waals surface area contributed by atoms with Gasteiger partial charge in [0.1, 0.15) is 5.82 Å². The van der Waals surface area contributed by atoms with Crippen LogP contribution in [0, 0.1) is 11.2 Å². The van der Waals surface area contributed by atoms with Crippen molar-refractivity contribution in [3.63, 3.8) is 0 Å². The third-order valence-electron chi connectivity index (χ3n) is 3.84. The minimum Gasteiger partial charge on any atom is -0.478 e. The largest absolute Gasteiger partial charge is 0.478 e. The number of benzene rings is 1. The molecule has 1 aliphatic rings. The zero-order chi connectivity index (χ0) is 15.5. The van der Waals surface area contributed by atoms with Crippen LogP contribution in [-0.4, -0.2) is 23.7 Å². The third kappa shape index (κ3) is 3.71. The summed E-state index contributed by atoms with van der Waals surface area (Å²) in [5.74, 6) is -2.05. The molecule has 6 heteroatoms. The Morgan fingerprint density at radius 2 is 2.10 bits per heavy atom. The van der Waals surface area contributed by atoms with E-state index < -0.39 is 17.8 Å². The Kier molecular flexibility index (Phi) is 4.45. The third-order valence-corrected chi connectivity index (χ3v) is 3.84. The van der Waals surface area contributed by atoms with Crippen LogP contribution in [0.5, 0.6) is 0 Å². The molecule has 2 amide bonds. The van der Waals surface area contributed by atoms with E-state index in [0.29, 0.717) is 6.54 Å². The van der Waals surface area contributed by atoms with Gasteiger partial charge in [-0.15, -0.1) is 0 Å². The Labute approximate surface area is 122 Å². The van der Waals surface area contributed by atoms with Crippen LogP contribution in [-0.2, 0) is 0 Å². The average Bonchev–Trinajstić information content (AvgIpc) is 3.19. The quantitative estimate of drug-likeness (QED) is 0.753. The SMILES string of the molecule is CCCC1(CNC(=O)Nc2c(F)cccc2C(=O)O)CC1. The molecule has 0 heterocycles. The predicted octanol–water partition coefficient (Wildman–Crippen LogP) is 3.23. The van der Waals surface area contributed by atoms with Crippen LogP contribution in [0.4, 0.5) is 14.9 Å². The second-order valence-corrected chi connectivity index (χ2v) is 5.53. The summed E-state index contributed by atoms with van der Waals surface area (Å²) in [6.07, 6.45) is 4.27. The van der Waals surface area contributed by atoms with Crippen molar-refractivity contribution in [1.29, 1.82) is 0 Å². The molecule has 2 rings (SSSR count). The van der Waals surface area contributed by atoms with Gasteiger partial charge in [-0.3, -0.25) is 0 Å². The van der Waals surface area contributed by atoms with E-state index in [1.807, 2.05) is 0 Å². The van der Waals surface area contributed by atoms with Crippen LogP contribution in [0.15, 0.2) is 18.2 Å². The molecule has 114 valence electrons. The number of halogens is 1. The molecule has 1 aromatic carbocycles. The van der Waals surface area contributed by atoms with Crippen molar-refractivity contribution in [2.45, 2.75) is 32.6 Å². The first-order valence-electron chi connectivity index (χ1n) is 7.04. The molecular formula is C15H19FN2O3. The summed E-state index contributed by atoms with van der Waals surface area (Å²) in [6, 6.07) is 3.08. The lowest BCUT2D eigenvalue weighted by Gasteiger charge is -2.16. The summed E-state index contributed by atoms with van der Waals surface area (Å²) >= 11 is 0. The molecule has 1 aliphatic carbocycles. The number of carboxylic acid groups (broad SMARTS) is 1. The number of amides is 2. The predicted molar refractivity (Wildman–Crippen MR) is 77.0 cm³/mol. The van der Waals surface area contributed by atoms with Gasteiger partial charge in [0.25, 0.3) is 0 Å². The van der Waals surface area contributed by atoms with Crippen molar-refractivity contribution in [2.24, 2.45) is 5.41 Å². The zero-order valence-electron chi connectivity index (χ0n) is 11.9. The summed E-state index contributed by atoms with van der Waals surface area (Å²) in [5.41, 5.74) is -0.389. The maximum absolute atomic E-state index is 13.7. The van der Waals surface area contributed by atoms with Crippen molar-refractivity contribution in [2.75, 3.05) is 11.9 Å².